The fourth-order valence-electron chi connectivity index (χ4n) is 1.39. The van der Waals surface area contributed by atoms with Crippen molar-refractivity contribution in [1.29, 1.82) is 0 Å². The van der Waals surface area contributed by atoms with Crippen LogP contribution >= 0.6 is 0 Å². The first kappa shape index (κ1) is 11.1. The molecule has 0 radical (unpaired) electrons. The molecule has 0 spiro atoms. The van der Waals surface area contributed by atoms with E-state index < -0.39 is 0 Å². The van der Waals surface area contributed by atoms with Gasteiger partial charge in [-0.15, -0.1) is 0 Å². The number of rotatable bonds is 3. The van der Waals surface area contributed by atoms with Crippen molar-refractivity contribution >= 4 is 11.6 Å². The van der Waals surface area contributed by atoms with Crippen molar-refractivity contribution in [2.75, 3.05) is 5.73 Å². The molecule has 3 N–H and O–H groups in total. The standard InChI is InChI=1S/C9H12N6O2/c1-5-13-7(14-17-5)4-11-9(16)8-6(10)3-12-15(8)2/h3H,4,10H2,1-2H3,(H,11,16). The third kappa shape index (κ3) is 2.25. The van der Waals surface area contributed by atoms with Crippen LogP contribution in [0.5, 0.6) is 0 Å². The predicted molar refractivity (Wildman–Crippen MR) is 57.8 cm³/mol. The summed E-state index contributed by atoms with van der Waals surface area (Å²) in [6, 6.07) is 0. The van der Waals surface area contributed by atoms with Gasteiger partial charge in [0.1, 0.15) is 5.69 Å². The molecule has 0 aliphatic carbocycles. The molecule has 0 unspecified atom stereocenters. The molecule has 2 aromatic heterocycles. The van der Waals surface area contributed by atoms with Crippen LogP contribution in [0.1, 0.15) is 22.2 Å². The molecule has 2 aromatic rings. The second-order valence-electron chi connectivity index (χ2n) is 3.48. The van der Waals surface area contributed by atoms with E-state index in [1.54, 1.807) is 14.0 Å². The van der Waals surface area contributed by atoms with Crippen LogP contribution in [-0.4, -0.2) is 25.8 Å². The Labute approximate surface area is 96.8 Å². The molecule has 0 bridgehead atoms. The van der Waals surface area contributed by atoms with Crippen LogP contribution in [0.4, 0.5) is 5.69 Å². The lowest BCUT2D eigenvalue weighted by atomic mass is 10.3. The van der Waals surface area contributed by atoms with Gasteiger partial charge in [0, 0.05) is 14.0 Å². The molecule has 2 heterocycles. The minimum Gasteiger partial charge on any atom is -0.396 e. The van der Waals surface area contributed by atoms with Gasteiger partial charge in [-0.1, -0.05) is 5.16 Å². The van der Waals surface area contributed by atoms with Crippen LogP contribution < -0.4 is 11.1 Å². The molecule has 2 rings (SSSR count). The number of hydrogen-bond acceptors (Lipinski definition) is 6. The minimum absolute atomic E-state index is 0.181. The molecule has 17 heavy (non-hydrogen) atoms. The highest BCUT2D eigenvalue weighted by Gasteiger charge is 2.15. The van der Waals surface area contributed by atoms with Crippen LogP contribution in [0.3, 0.4) is 0 Å². The van der Waals surface area contributed by atoms with Crippen molar-refractivity contribution in [3.8, 4) is 0 Å². The number of anilines is 1. The highest BCUT2D eigenvalue weighted by Crippen LogP contribution is 2.08. The van der Waals surface area contributed by atoms with Gasteiger partial charge in [-0.05, 0) is 0 Å². The molecule has 0 atom stereocenters. The third-order valence-electron chi connectivity index (χ3n) is 2.16. The van der Waals surface area contributed by atoms with Gasteiger partial charge >= 0.3 is 0 Å². The van der Waals surface area contributed by atoms with E-state index in [1.165, 1.54) is 10.9 Å². The quantitative estimate of drug-likeness (QED) is 0.751. The number of hydrogen-bond donors (Lipinski definition) is 2. The molecule has 1 amide bonds. The van der Waals surface area contributed by atoms with Crippen LogP contribution in [0.25, 0.3) is 0 Å². The Morgan fingerprint density at radius 3 is 2.94 bits per heavy atom. The zero-order valence-corrected chi connectivity index (χ0v) is 9.47. The van der Waals surface area contributed by atoms with Gasteiger partial charge < -0.3 is 15.6 Å². The second-order valence-corrected chi connectivity index (χ2v) is 3.48. The summed E-state index contributed by atoms with van der Waals surface area (Å²) in [7, 11) is 1.64. The van der Waals surface area contributed by atoms with E-state index >= 15 is 0 Å². The molecule has 8 nitrogen and oxygen atoms in total. The van der Waals surface area contributed by atoms with Crippen LogP contribution in [0.2, 0.25) is 0 Å². The Hall–Kier alpha value is -2.38. The zero-order chi connectivity index (χ0) is 12.4. The number of aryl methyl sites for hydroxylation is 2. The van der Waals surface area contributed by atoms with Gasteiger partial charge in [-0.3, -0.25) is 9.48 Å². The van der Waals surface area contributed by atoms with Crippen molar-refractivity contribution in [3.05, 3.63) is 23.6 Å². The number of amides is 1. The molecule has 0 saturated carbocycles. The minimum atomic E-state index is -0.329. The molecule has 0 fully saturated rings. The van der Waals surface area contributed by atoms with E-state index in [0.29, 0.717) is 23.1 Å². The maximum absolute atomic E-state index is 11.8. The fourth-order valence-corrected chi connectivity index (χ4v) is 1.39. The van der Waals surface area contributed by atoms with Gasteiger partial charge in [-0.25, -0.2) is 0 Å². The number of aromatic nitrogens is 4. The highest BCUT2D eigenvalue weighted by atomic mass is 16.5. The Morgan fingerprint density at radius 1 is 1.65 bits per heavy atom. The zero-order valence-electron chi connectivity index (χ0n) is 9.47. The summed E-state index contributed by atoms with van der Waals surface area (Å²) in [5.41, 5.74) is 6.26. The first-order valence-corrected chi connectivity index (χ1v) is 4.93. The summed E-state index contributed by atoms with van der Waals surface area (Å²) in [5.74, 6) is 0.538. The Morgan fingerprint density at radius 2 is 2.41 bits per heavy atom. The lowest BCUT2D eigenvalue weighted by Crippen LogP contribution is -2.26. The molecular formula is C9H12N6O2. The molecule has 0 aromatic carbocycles. The van der Waals surface area contributed by atoms with E-state index in [2.05, 4.69) is 20.6 Å². The number of nitrogen functional groups attached to an aromatic ring is 1. The van der Waals surface area contributed by atoms with Crippen LogP contribution in [-0.2, 0) is 13.6 Å². The number of carbonyl (C=O) groups is 1. The lowest BCUT2D eigenvalue weighted by Gasteiger charge is -2.03. The largest absolute Gasteiger partial charge is 0.396 e. The van der Waals surface area contributed by atoms with Gasteiger partial charge in [-0.2, -0.15) is 10.1 Å². The Bertz CT molecular complexity index is 524. The van der Waals surface area contributed by atoms with Gasteiger partial charge in [0.25, 0.3) is 5.91 Å². The number of nitrogens with zero attached hydrogens (tertiary/aromatic N) is 4. The van der Waals surface area contributed by atoms with E-state index in [9.17, 15) is 4.79 Å². The first-order chi connectivity index (χ1) is 8.08. The predicted octanol–water partition coefficient (Wildman–Crippen LogP) is -0.376. The van der Waals surface area contributed by atoms with Crippen LogP contribution in [0.15, 0.2) is 10.7 Å². The van der Waals surface area contributed by atoms with E-state index in [0.717, 1.165) is 0 Å². The molecular weight excluding hydrogens is 224 g/mol. The normalized spacial score (nSPS) is 10.5. The summed E-state index contributed by atoms with van der Waals surface area (Å²) in [6.45, 7) is 1.86. The van der Waals surface area contributed by atoms with Crippen LogP contribution in [0, 0.1) is 6.92 Å². The smallest absolute Gasteiger partial charge is 0.272 e. The van der Waals surface area contributed by atoms with Crippen molar-refractivity contribution < 1.29 is 9.32 Å². The molecule has 0 saturated heterocycles. The monoisotopic (exact) mass is 236 g/mol. The van der Waals surface area contributed by atoms with Crippen molar-refractivity contribution in [2.24, 2.45) is 7.05 Å². The molecule has 0 aliphatic rings. The van der Waals surface area contributed by atoms with Crippen molar-refractivity contribution in [2.45, 2.75) is 13.5 Å². The summed E-state index contributed by atoms with van der Waals surface area (Å²) < 4.78 is 6.19. The summed E-state index contributed by atoms with van der Waals surface area (Å²) in [6.07, 6.45) is 1.42. The van der Waals surface area contributed by atoms with Gasteiger partial charge in [0.2, 0.25) is 5.89 Å². The van der Waals surface area contributed by atoms with Crippen molar-refractivity contribution in [3.63, 3.8) is 0 Å². The van der Waals surface area contributed by atoms with E-state index in [-0.39, 0.29) is 12.5 Å². The molecule has 90 valence electrons. The average Bonchev–Trinajstić information content (AvgIpc) is 2.83. The number of carbonyl (C=O) groups excluding carboxylic acids is 1. The van der Waals surface area contributed by atoms with Gasteiger partial charge in [0.05, 0.1) is 18.4 Å². The molecule has 0 aliphatic heterocycles. The van der Waals surface area contributed by atoms with Crippen molar-refractivity contribution in [1.82, 2.24) is 25.2 Å². The van der Waals surface area contributed by atoms with E-state index in [1.807, 2.05) is 0 Å². The Balaban J connectivity index is 2.03. The second kappa shape index (κ2) is 4.24. The maximum atomic E-state index is 11.8. The number of nitrogens with one attached hydrogen (secondary N) is 1. The Kier molecular flexibility index (Phi) is 2.77. The lowest BCUT2D eigenvalue weighted by molar-refractivity contribution is 0.0941. The average molecular weight is 236 g/mol. The molecule has 8 heteroatoms. The first-order valence-electron chi connectivity index (χ1n) is 4.93. The van der Waals surface area contributed by atoms with Gasteiger partial charge in [0.15, 0.2) is 5.82 Å². The highest BCUT2D eigenvalue weighted by molar-refractivity contribution is 5.97. The third-order valence-corrected chi connectivity index (χ3v) is 2.16. The summed E-state index contributed by atoms with van der Waals surface area (Å²) in [5, 5.41) is 10.2. The summed E-state index contributed by atoms with van der Waals surface area (Å²) >= 11 is 0. The fraction of sp³-hybridized carbons (Fsp3) is 0.333. The topological polar surface area (TPSA) is 112 Å². The van der Waals surface area contributed by atoms with E-state index in [4.69, 9.17) is 10.3 Å². The summed E-state index contributed by atoms with van der Waals surface area (Å²) in [4.78, 5) is 15.8. The SMILES string of the molecule is Cc1nc(CNC(=O)c2c(N)cnn2C)no1. The number of nitrogens with two attached hydrogens (primary N) is 1. The maximum Gasteiger partial charge on any atom is 0.272 e.